The number of nitrogens with one attached hydrogen (secondary N) is 1. The minimum atomic E-state index is -0.560. The second-order valence-electron chi connectivity index (χ2n) is 4.62. The van der Waals surface area contributed by atoms with Crippen LogP contribution in [-0.4, -0.2) is 43.8 Å². The van der Waals surface area contributed by atoms with Crippen molar-refractivity contribution in [1.82, 2.24) is 5.48 Å². The topological polar surface area (TPSA) is 69.2 Å². The molecule has 0 saturated heterocycles. The van der Waals surface area contributed by atoms with Gasteiger partial charge in [-0.1, -0.05) is 30.3 Å². The second-order valence-corrected chi connectivity index (χ2v) is 4.62. The van der Waals surface area contributed by atoms with Crippen LogP contribution in [0.15, 0.2) is 35.3 Å². The van der Waals surface area contributed by atoms with Crippen LogP contribution in [0.4, 0.5) is 0 Å². The number of rotatable bonds is 6. The van der Waals surface area contributed by atoms with Crippen molar-refractivity contribution in [3.8, 4) is 0 Å². The Bertz CT molecular complexity index is 490. The van der Waals surface area contributed by atoms with Crippen molar-refractivity contribution in [3.05, 3.63) is 35.9 Å². The van der Waals surface area contributed by atoms with E-state index in [0.29, 0.717) is 19.0 Å². The molecule has 2 atom stereocenters. The average molecular weight is 292 g/mol. The van der Waals surface area contributed by atoms with Crippen LogP contribution < -0.4 is 5.48 Å². The molecule has 0 radical (unpaired) electrons. The normalized spacial score (nSPS) is 19.3. The first-order valence-corrected chi connectivity index (χ1v) is 7.00. The fourth-order valence-corrected chi connectivity index (χ4v) is 1.85. The average Bonchev–Trinajstić information content (AvgIpc) is 2.54. The Morgan fingerprint density at radius 1 is 1.48 bits per heavy atom. The Morgan fingerprint density at radius 2 is 2.24 bits per heavy atom. The number of amidine groups is 1. The van der Waals surface area contributed by atoms with Gasteiger partial charge in [0.2, 0.25) is 0 Å². The molecule has 0 bridgehead atoms. The summed E-state index contributed by atoms with van der Waals surface area (Å²) in [6.07, 6.45) is -0.856. The van der Waals surface area contributed by atoms with Crippen LogP contribution >= 0.6 is 0 Å². The molecule has 21 heavy (non-hydrogen) atoms. The fraction of sp³-hybridized carbons (Fsp3) is 0.467. The Kier molecular flexibility index (Phi) is 5.71. The molecule has 1 aromatic carbocycles. The van der Waals surface area contributed by atoms with Gasteiger partial charge in [0.1, 0.15) is 12.7 Å². The van der Waals surface area contributed by atoms with E-state index in [1.165, 1.54) is 0 Å². The molecule has 0 unspecified atom stereocenters. The molecule has 0 aliphatic carbocycles. The number of hydrogen-bond acceptors (Lipinski definition) is 6. The van der Waals surface area contributed by atoms with Crippen molar-refractivity contribution in [1.29, 1.82) is 0 Å². The van der Waals surface area contributed by atoms with E-state index in [4.69, 9.17) is 14.3 Å². The number of ether oxygens (including phenoxy) is 2. The standard InChI is InChI=1S/C15H20N2O4/c1-3-19-11(2)15(18)20-10-13-9-16-14(17-21-13)12-7-5-4-6-8-12/h4-8,11,13H,3,9-10H2,1-2H3,(H,16,17)/t11-,13-/m1/s1. The van der Waals surface area contributed by atoms with Gasteiger partial charge in [0.15, 0.2) is 11.9 Å². The zero-order valence-corrected chi connectivity index (χ0v) is 12.2. The van der Waals surface area contributed by atoms with Gasteiger partial charge in [0.05, 0.1) is 6.54 Å². The smallest absolute Gasteiger partial charge is 0.335 e. The largest absolute Gasteiger partial charge is 0.461 e. The molecule has 114 valence electrons. The third-order valence-electron chi connectivity index (χ3n) is 2.98. The van der Waals surface area contributed by atoms with Gasteiger partial charge in [-0.15, -0.1) is 0 Å². The Morgan fingerprint density at radius 3 is 2.86 bits per heavy atom. The SMILES string of the molecule is CCO[C@H](C)C(=O)OC[C@H]1CN=C(c2ccccc2)NO1. The van der Waals surface area contributed by atoms with E-state index in [2.05, 4.69) is 10.5 Å². The van der Waals surface area contributed by atoms with Gasteiger partial charge in [-0.3, -0.25) is 9.83 Å². The Labute approximate surface area is 124 Å². The van der Waals surface area contributed by atoms with Crippen molar-refractivity contribution < 1.29 is 19.1 Å². The van der Waals surface area contributed by atoms with E-state index >= 15 is 0 Å². The van der Waals surface area contributed by atoms with Gasteiger partial charge in [0, 0.05) is 12.2 Å². The number of hydrogen-bond donors (Lipinski definition) is 1. The zero-order chi connectivity index (χ0) is 15.1. The summed E-state index contributed by atoms with van der Waals surface area (Å²) in [6, 6.07) is 9.69. The number of hydroxylamine groups is 1. The minimum Gasteiger partial charge on any atom is -0.461 e. The molecule has 0 saturated carbocycles. The van der Waals surface area contributed by atoms with E-state index in [9.17, 15) is 4.79 Å². The van der Waals surface area contributed by atoms with Gasteiger partial charge in [-0.25, -0.2) is 10.3 Å². The lowest BCUT2D eigenvalue weighted by Crippen LogP contribution is -2.40. The molecule has 0 aromatic heterocycles. The number of benzene rings is 1. The Hall–Kier alpha value is -1.92. The summed E-state index contributed by atoms with van der Waals surface area (Å²) >= 11 is 0. The van der Waals surface area contributed by atoms with E-state index in [1.54, 1.807) is 6.92 Å². The van der Waals surface area contributed by atoms with Crippen molar-refractivity contribution >= 4 is 11.8 Å². The van der Waals surface area contributed by atoms with Gasteiger partial charge in [-0.05, 0) is 13.8 Å². The minimum absolute atomic E-state index is 0.148. The molecular formula is C15H20N2O4. The number of nitrogens with zero attached hydrogens (tertiary/aromatic N) is 1. The van der Waals surface area contributed by atoms with E-state index in [-0.39, 0.29) is 12.7 Å². The lowest BCUT2D eigenvalue weighted by molar-refractivity contribution is -0.160. The molecule has 1 N–H and O–H groups in total. The molecule has 1 aliphatic rings. The summed E-state index contributed by atoms with van der Waals surface area (Å²) in [7, 11) is 0. The molecule has 0 amide bonds. The first-order valence-electron chi connectivity index (χ1n) is 7.00. The van der Waals surface area contributed by atoms with E-state index < -0.39 is 12.1 Å². The predicted molar refractivity (Wildman–Crippen MR) is 77.9 cm³/mol. The molecular weight excluding hydrogens is 272 g/mol. The van der Waals surface area contributed by atoms with Crippen LogP contribution in [-0.2, 0) is 19.1 Å². The lowest BCUT2D eigenvalue weighted by Gasteiger charge is -2.23. The van der Waals surface area contributed by atoms with Gasteiger partial charge in [0.25, 0.3) is 0 Å². The van der Waals surface area contributed by atoms with Crippen molar-refractivity contribution in [2.45, 2.75) is 26.1 Å². The molecule has 6 nitrogen and oxygen atoms in total. The van der Waals surface area contributed by atoms with Gasteiger partial charge >= 0.3 is 5.97 Å². The molecule has 1 aliphatic heterocycles. The highest BCUT2D eigenvalue weighted by Crippen LogP contribution is 2.06. The molecule has 0 fully saturated rings. The second kappa shape index (κ2) is 7.75. The monoisotopic (exact) mass is 292 g/mol. The molecule has 1 heterocycles. The maximum Gasteiger partial charge on any atom is 0.335 e. The van der Waals surface area contributed by atoms with Gasteiger partial charge in [-0.2, -0.15) is 0 Å². The Balaban J connectivity index is 1.79. The number of carbonyl (C=O) groups is 1. The summed E-state index contributed by atoms with van der Waals surface area (Å²) in [4.78, 5) is 21.4. The molecule has 6 heteroatoms. The highest BCUT2D eigenvalue weighted by Gasteiger charge is 2.21. The van der Waals surface area contributed by atoms with Crippen LogP contribution in [0.5, 0.6) is 0 Å². The summed E-state index contributed by atoms with van der Waals surface area (Å²) in [6.45, 7) is 4.56. The summed E-state index contributed by atoms with van der Waals surface area (Å²) in [5.74, 6) is 0.291. The number of carbonyl (C=O) groups excluding carboxylic acids is 1. The highest BCUT2D eigenvalue weighted by molar-refractivity contribution is 5.98. The van der Waals surface area contributed by atoms with Crippen molar-refractivity contribution in [3.63, 3.8) is 0 Å². The van der Waals surface area contributed by atoms with Gasteiger partial charge < -0.3 is 9.47 Å². The van der Waals surface area contributed by atoms with Crippen molar-refractivity contribution in [2.24, 2.45) is 4.99 Å². The summed E-state index contributed by atoms with van der Waals surface area (Å²) < 4.78 is 10.3. The quantitative estimate of drug-likeness (QED) is 0.801. The number of esters is 1. The lowest BCUT2D eigenvalue weighted by atomic mass is 10.2. The summed E-state index contributed by atoms with van der Waals surface area (Å²) in [5.41, 5.74) is 3.75. The van der Waals surface area contributed by atoms with E-state index in [0.717, 1.165) is 5.56 Å². The number of aliphatic imine (C=N–C) groups is 1. The van der Waals surface area contributed by atoms with Crippen LogP contribution in [0.2, 0.25) is 0 Å². The van der Waals surface area contributed by atoms with Crippen molar-refractivity contribution in [2.75, 3.05) is 19.8 Å². The zero-order valence-electron chi connectivity index (χ0n) is 12.2. The maximum absolute atomic E-state index is 11.6. The fourth-order valence-electron chi connectivity index (χ4n) is 1.85. The first-order chi connectivity index (χ1) is 10.2. The third-order valence-corrected chi connectivity index (χ3v) is 2.98. The van der Waals surface area contributed by atoms with Crippen LogP contribution in [0.25, 0.3) is 0 Å². The third kappa shape index (κ3) is 4.54. The maximum atomic E-state index is 11.6. The highest BCUT2D eigenvalue weighted by atomic mass is 16.7. The molecule has 1 aromatic rings. The molecule has 0 spiro atoms. The van der Waals surface area contributed by atoms with E-state index in [1.807, 2.05) is 37.3 Å². The van der Waals surface area contributed by atoms with Crippen LogP contribution in [0.1, 0.15) is 19.4 Å². The predicted octanol–water partition coefficient (Wildman–Crippen LogP) is 1.30. The summed E-state index contributed by atoms with van der Waals surface area (Å²) in [5, 5.41) is 0. The molecule has 2 rings (SSSR count). The first kappa shape index (κ1) is 15.5. The van der Waals surface area contributed by atoms with Crippen LogP contribution in [0.3, 0.4) is 0 Å². The van der Waals surface area contributed by atoms with Crippen LogP contribution in [0, 0.1) is 0 Å².